The molecule has 152 valence electrons. The molecule has 1 saturated heterocycles. The molecule has 30 heavy (non-hydrogen) atoms. The lowest BCUT2D eigenvalue weighted by molar-refractivity contribution is -0.0554. The number of ether oxygens (including phenoxy) is 1. The van der Waals surface area contributed by atoms with Gasteiger partial charge in [-0.15, -0.1) is 0 Å². The summed E-state index contributed by atoms with van der Waals surface area (Å²) >= 11 is 0. The van der Waals surface area contributed by atoms with Gasteiger partial charge in [-0.05, 0) is 37.3 Å². The summed E-state index contributed by atoms with van der Waals surface area (Å²) in [6.07, 6.45) is 3.02. The lowest BCUT2D eigenvalue weighted by Gasteiger charge is -2.44. The maximum atomic E-state index is 13.2. The quantitative estimate of drug-likeness (QED) is 0.839. The Labute approximate surface area is 173 Å². The number of benzene rings is 1. The Bertz CT molecular complexity index is 1090. The smallest absolute Gasteiger partial charge is 0.407 e. The van der Waals surface area contributed by atoms with E-state index in [1.165, 1.54) is 6.33 Å². The molecule has 3 aliphatic rings. The highest BCUT2D eigenvalue weighted by atomic mass is 16.6. The average Bonchev–Trinajstić information content (AvgIpc) is 3.23. The van der Waals surface area contributed by atoms with Gasteiger partial charge in [0.15, 0.2) is 0 Å². The van der Waals surface area contributed by atoms with Crippen LogP contribution in [0.5, 0.6) is 0 Å². The maximum Gasteiger partial charge on any atom is 0.407 e. The Morgan fingerprint density at radius 2 is 2.10 bits per heavy atom. The molecule has 2 fully saturated rings. The molecule has 1 aromatic heterocycles. The number of alkyl carbamates (subject to hydrolysis) is 1. The molecule has 0 unspecified atom stereocenters. The third-order valence-corrected chi connectivity index (χ3v) is 6.49. The number of carbonyl (C=O) groups excluding carboxylic acids is 2. The lowest BCUT2D eigenvalue weighted by Crippen LogP contribution is -2.51. The molecule has 1 N–H and O–H groups in total. The van der Waals surface area contributed by atoms with Gasteiger partial charge in [0.05, 0.1) is 12.6 Å². The SMILES string of the molecule is Cc1ncnc(C#N)c1C[C@@H]1c2ccccc2C(=O)N1CC1CC2(CNC(=O)O2)C1. The standard InChI is InChI=1S/C22H21N5O3/c1-13-17(18(9-23)26-12-25-13)6-19-15-4-2-3-5-16(15)20(28)27(19)10-14-7-22(8-14)11-24-21(29)30-22/h2-5,12,14,19H,6-8,10-11H2,1H3,(H,24,29)/t14?,19-,22?/m1/s1. The summed E-state index contributed by atoms with van der Waals surface area (Å²) in [5, 5.41) is 12.2. The molecular weight excluding hydrogens is 382 g/mol. The van der Waals surface area contributed by atoms with Crippen molar-refractivity contribution in [3.63, 3.8) is 0 Å². The fourth-order valence-electron chi connectivity index (χ4n) is 5.04. The van der Waals surface area contributed by atoms with E-state index in [9.17, 15) is 14.9 Å². The number of nitriles is 1. The molecule has 8 heteroatoms. The van der Waals surface area contributed by atoms with Gasteiger partial charge in [0, 0.05) is 29.8 Å². The number of hydrogen-bond acceptors (Lipinski definition) is 6. The molecule has 0 bridgehead atoms. The summed E-state index contributed by atoms with van der Waals surface area (Å²) < 4.78 is 5.43. The van der Waals surface area contributed by atoms with E-state index in [2.05, 4.69) is 21.4 Å². The van der Waals surface area contributed by atoms with Crippen molar-refractivity contribution in [2.75, 3.05) is 13.1 Å². The molecule has 1 aliphatic carbocycles. The van der Waals surface area contributed by atoms with E-state index in [0.29, 0.717) is 30.8 Å². The predicted molar refractivity (Wildman–Crippen MR) is 105 cm³/mol. The minimum Gasteiger partial charge on any atom is -0.441 e. The fraction of sp³-hybridized carbons (Fsp3) is 0.409. The number of rotatable bonds is 4. The Morgan fingerprint density at radius 1 is 1.30 bits per heavy atom. The molecule has 3 heterocycles. The highest BCUT2D eigenvalue weighted by Gasteiger charge is 2.52. The highest BCUT2D eigenvalue weighted by molar-refractivity contribution is 5.99. The van der Waals surface area contributed by atoms with Gasteiger partial charge in [-0.3, -0.25) is 4.79 Å². The van der Waals surface area contributed by atoms with Gasteiger partial charge in [0.25, 0.3) is 5.91 Å². The predicted octanol–water partition coefficient (Wildman–Crippen LogP) is 2.28. The van der Waals surface area contributed by atoms with Gasteiger partial charge in [-0.1, -0.05) is 18.2 Å². The third-order valence-electron chi connectivity index (χ3n) is 6.49. The van der Waals surface area contributed by atoms with Crippen molar-refractivity contribution in [2.45, 2.75) is 37.8 Å². The van der Waals surface area contributed by atoms with Crippen molar-refractivity contribution >= 4 is 12.0 Å². The van der Waals surface area contributed by atoms with Crippen LogP contribution in [0.1, 0.15) is 51.8 Å². The molecule has 1 aromatic carbocycles. The molecular formula is C22H21N5O3. The van der Waals surface area contributed by atoms with Crippen LogP contribution >= 0.6 is 0 Å². The van der Waals surface area contributed by atoms with Gasteiger partial charge >= 0.3 is 6.09 Å². The monoisotopic (exact) mass is 403 g/mol. The maximum absolute atomic E-state index is 13.2. The number of nitrogens with one attached hydrogen (secondary N) is 1. The zero-order valence-electron chi connectivity index (χ0n) is 16.6. The summed E-state index contributed by atoms with van der Waals surface area (Å²) in [4.78, 5) is 34.9. The number of amides is 2. The summed E-state index contributed by atoms with van der Waals surface area (Å²) in [7, 11) is 0. The van der Waals surface area contributed by atoms with E-state index in [4.69, 9.17) is 4.74 Å². The molecule has 0 radical (unpaired) electrons. The van der Waals surface area contributed by atoms with Crippen molar-refractivity contribution in [1.29, 1.82) is 5.26 Å². The van der Waals surface area contributed by atoms with E-state index < -0.39 is 5.60 Å². The molecule has 8 nitrogen and oxygen atoms in total. The highest BCUT2D eigenvalue weighted by Crippen LogP contribution is 2.45. The van der Waals surface area contributed by atoms with Crippen LogP contribution in [0.2, 0.25) is 0 Å². The van der Waals surface area contributed by atoms with E-state index in [1.807, 2.05) is 36.1 Å². The number of fused-ring (bicyclic) bond motifs is 1. The molecule has 5 rings (SSSR count). The minimum atomic E-state index is -0.412. The van der Waals surface area contributed by atoms with Crippen molar-refractivity contribution in [3.05, 3.63) is 58.7 Å². The molecule has 1 atom stereocenters. The van der Waals surface area contributed by atoms with Crippen LogP contribution in [-0.2, 0) is 11.2 Å². The van der Waals surface area contributed by atoms with Crippen molar-refractivity contribution in [3.8, 4) is 6.07 Å². The Hall–Kier alpha value is -3.47. The van der Waals surface area contributed by atoms with Crippen LogP contribution in [0.15, 0.2) is 30.6 Å². The van der Waals surface area contributed by atoms with Crippen LogP contribution in [0.3, 0.4) is 0 Å². The summed E-state index contributed by atoms with van der Waals surface area (Å²) in [6, 6.07) is 9.62. The van der Waals surface area contributed by atoms with E-state index >= 15 is 0 Å². The first kappa shape index (κ1) is 18.6. The van der Waals surface area contributed by atoms with Crippen LogP contribution in [-0.4, -0.2) is 45.6 Å². The number of hydrogen-bond donors (Lipinski definition) is 1. The Morgan fingerprint density at radius 3 is 2.83 bits per heavy atom. The molecule has 1 spiro atoms. The van der Waals surface area contributed by atoms with Crippen LogP contribution in [0, 0.1) is 24.2 Å². The second-order valence-corrected chi connectivity index (χ2v) is 8.36. The van der Waals surface area contributed by atoms with Crippen molar-refractivity contribution in [2.24, 2.45) is 5.92 Å². The summed E-state index contributed by atoms with van der Waals surface area (Å²) in [5.41, 5.74) is 3.15. The van der Waals surface area contributed by atoms with Gasteiger partial charge in [0.2, 0.25) is 0 Å². The van der Waals surface area contributed by atoms with E-state index in [1.54, 1.807) is 0 Å². The largest absolute Gasteiger partial charge is 0.441 e. The topological polar surface area (TPSA) is 108 Å². The van der Waals surface area contributed by atoms with E-state index in [-0.39, 0.29) is 24.0 Å². The molecule has 1 saturated carbocycles. The number of aryl methyl sites for hydroxylation is 1. The molecule has 2 aromatic rings. The first-order chi connectivity index (χ1) is 14.5. The zero-order chi connectivity index (χ0) is 20.9. The number of nitrogens with zero attached hydrogens (tertiary/aromatic N) is 4. The van der Waals surface area contributed by atoms with Crippen LogP contribution in [0.25, 0.3) is 0 Å². The second-order valence-electron chi connectivity index (χ2n) is 8.36. The lowest BCUT2D eigenvalue weighted by atomic mass is 9.70. The Balaban J connectivity index is 1.41. The fourth-order valence-corrected chi connectivity index (χ4v) is 5.04. The zero-order valence-corrected chi connectivity index (χ0v) is 16.6. The normalized spacial score (nSPS) is 26.7. The first-order valence-electron chi connectivity index (χ1n) is 10.1. The summed E-state index contributed by atoms with van der Waals surface area (Å²) in [6.45, 7) is 2.99. The Kier molecular flexibility index (Phi) is 4.21. The first-order valence-corrected chi connectivity index (χ1v) is 10.1. The van der Waals surface area contributed by atoms with E-state index in [0.717, 1.165) is 29.7 Å². The molecule has 2 amide bonds. The molecule has 2 aliphatic heterocycles. The number of aromatic nitrogens is 2. The van der Waals surface area contributed by atoms with Crippen molar-refractivity contribution in [1.82, 2.24) is 20.2 Å². The van der Waals surface area contributed by atoms with Gasteiger partial charge < -0.3 is 15.0 Å². The minimum absolute atomic E-state index is 0.00565. The number of carbonyl (C=O) groups is 2. The van der Waals surface area contributed by atoms with Crippen LogP contribution < -0.4 is 5.32 Å². The summed E-state index contributed by atoms with van der Waals surface area (Å²) in [5.74, 6) is 0.271. The second kappa shape index (κ2) is 6.80. The average molecular weight is 403 g/mol. The van der Waals surface area contributed by atoms with Crippen molar-refractivity contribution < 1.29 is 14.3 Å². The third kappa shape index (κ3) is 2.89. The van der Waals surface area contributed by atoms with Gasteiger partial charge in [-0.2, -0.15) is 5.26 Å². The van der Waals surface area contributed by atoms with Gasteiger partial charge in [0.1, 0.15) is 23.7 Å². The van der Waals surface area contributed by atoms with Gasteiger partial charge in [-0.25, -0.2) is 14.8 Å². The van der Waals surface area contributed by atoms with Crippen LogP contribution in [0.4, 0.5) is 4.79 Å².